The number of benzene rings is 2. The number of para-hydroxylation sites is 1. The number of ether oxygens (including phenoxy) is 2. The van der Waals surface area contributed by atoms with Crippen LogP contribution in [0.3, 0.4) is 0 Å². The molecular formula is C22H20F3N3O4. The van der Waals surface area contributed by atoms with Gasteiger partial charge in [0.15, 0.2) is 5.82 Å². The molecule has 0 aliphatic carbocycles. The number of carbonyl (C=O) groups excluding carboxylic acids is 1. The SMILES string of the molecule is COc1ccccc1-c1nc([C@@H]2CCCN(C(=O)c3ccc(OC(F)(F)F)cc3)C2)no1. The summed E-state index contributed by atoms with van der Waals surface area (Å²) >= 11 is 0. The number of hydrogen-bond donors (Lipinski definition) is 0. The summed E-state index contributed by atoms with van der Waals surface area (Å²) in [6, 6.07) is 12.2. The van der Waals surface area contributed by atoms with Crippen LogP contribution in [0, 0.1) is 0 Å². The first-order valence-electron chi connectivity index (χ1n) is 9.96. The summed E-state index contributed by atoms with van der Waals surface area (Å²) in [4.78, 5) is 19.0. The molecule has 2 aromatic carbocycles. The zero-order valence-electron chi connectivity index (χ0n) is 17.1. The molecule has 7 nitrogen and oxygen atoms in total. The maximum absolute atomic E-state index is 12.9. The van der Waals surface area contributed by atoms with E-state index in [4.69, 9.17) is 9.26 Å². The van der Waals surface area contributed by atoms with Gasteiger partial charge >= 0.3 is 6.36 Å². The summed E-state index contributed by atoms with van der Waals surface area (Å²) in [5.41, 5.74) is 0.960. The Labute approximate surface area is 181 Å². The second kappa shape index (κ2) is 8.89. The van der Waals surface area contributed by atoms with Gasteiger partial charge in [-0.05, 0) is 49.2 Å². The monoisotopic (exact) mass is 447 g/mol. The number of piperidine rings is 1. The first-order valence-corrected chi connectivity index (χ1v) is 9.96. The van der Waals surface area contributed by atoms with E-state index in [1.54, 1.807) is 18.1 Å². The molecule has 4 rings (SSSR count). The summed E-state index contributed by atoms with van der Waals surface area (Å²) < 4.78 is 51.6. The quantitative estimate of drug-likeness (QED) is 0.566. The number of hydrogen-bond acceptors (Lipinski definition) is 6. The van der Waals surface area contributed by atoms with Crippen molar-refractivity contribution in [2.45, 2.75) is 25.1 Å². The van der Waals surface area contributed by atoms with Gasteiger partial charge in [-0.2, -0.15) is 4.98 Å². The summed E-state index contributed by atoms with van der Waals surface area (Å²) in [6.07, 6.45) is -3.25. The molecule has 0 N–H and O–H groups in total. The number of alkyl halides is 3. The Balaban J connectivity index is 1.46. The van der Waals surface area contributed by atoms with Crippen LogP contribution in [-0.2, 0) is 0 Å². The van der Waals surface area contributed by atoms with Gasteiger partial charge in [-0.15, -0.1) is 13.2 Å². The normalized spacial score (nSPS) is 16.6. The molecule has 1 saturated heterocycles. The van der Waals surface area contributed by atoms with Gasteiger partial charge in [0.2, 0.25) is 0 Å². The lowest BCUT2D eigenvalue weighted by Crippen LogP contribution is -2.39. The molecule has 10 heteroatoms. The van der Waals surface area contributed by atoms with Crippen molar-refractivity contribution in [1.82, 2.24) is 15.0 Å². The second-order valence-corrected chi connectivity index (χ2v) is 7.32. The van der Waals surface area contributed by atoms with E-state index in [0.717, 1.165) is 25.0 Å². The summed E-state index contributed by atoms with van der Waals surface area (Å²) in [6.45, 7) is 0.915. The zero-order chi connectivity index (χ0) is 22.7. The van der Waals surface area contributed by atoms with Crippen molar-refractivity contribution < 1.29 is 32.0 Å². The molecule has 0 saturated carbocycles. The highest BCUT2D eigenvalue weighted by molar-refractivity contribution is 5.94. The van der Waals surface area contributed by atoms with Crippen molar-refractivity contribution in [2.75, 3.05) is 20.2 Å². The fourth-order valence-corrected chi connectivity index (χ4v) is 3.69. The number of halogens is 3. The fraction of sp³-hybridized carbons (Fsp3) is 0.318. The maximum Gasteiger partial charge on any atom is 0.573 e. The lowest BCUT2D eigenvalue weighted by atomic mass is 9.96. The van der Waals surface area contributed by atoms with E-state index in [1.165, 1.54) is 12.1 Å². The molecule has 1 aromatic heterocycles. The van der Waals surface area contributed by atoms with Gasteiger partial charge in [-0.25, -0.2) is 0 Å². The molecule has 0 unspecified atom stereocenters. The first kappa shape index (κ1) is 21.7. The van der Waals surface area contributed by atoms with Crippen molar-refractivity contribution >= 4 is 5.91 Å². The molecule has 1 aliphatic heterocycles. The van der Waals surface area contributed by atoms with Gasteiger partial charge in [0.05, 0.1) is 12.7 Å². The second-order valence-electron chi connectivity index (χ2n) is 7.32. The topological polar surface area (TPSA) is 77.7 Å². The van der Waals surface area contributed by atoms with Crippen LogP contribution < -0.4 is 9.47 Å². The van der Waals surface area contributed by atoms with E-state index in [-0.39, 0.29) is 23.1 Å². The third-order valence-electron chi connectivity index (χ3n) is 5.19. The summed E-state index contributed by atoms with van der Waals surface area (Å²) in [5, 5.41) is 4.10. The number of carbonyl (C=O) groups is 1. The molecule has 1 atom stereocenters. The third-order valence-corrected chi connectivity index (χ3v) is 5.19. The van der Waals surface area contributed by atoms with Crippen LogP contribution in [0.2, 0.25) is 0 Å². The third kappa shape index (κ3) is 4.84. The highest BCUT2D eigenvalue weighted by atomic mass is 19.4. The Hall–Kier alpha value is -3.56. The van der Waals surface area contributed by atoms with E-state index < -0.39 is 6.36 Å². The minimum absolute atomic E-state index is 0.118. The lowest BCUT2D eigenvalue weighted by molar-refractivity contribution is -0.274. The van der Waals surface area contributed by atoms with E-state index in [9.17, 15) is 18.0 Å². The van der Waals surface area contributed by atoms with E-state index in [1.807, 2.05) is 18.2 Å². The predicted molar refractivity (Wildman–Crippen MR) is 107 cm³/mol. The molecule has 3 aromatic rings. The van der Waals surface area contributed by atoms with Crippen LogP contribution in [0.4, 0.5) is 13.2 Å². The van der Waals surface area contributed by atoms with Gasteiger partial charge in [-0.1, -0.05) is 17.3 Å². The van der Waals surface area contributed by atoms with Crippen LogP contribution in [-0.4, -0.2) is 47.5 Å². The van der Waals surface area contributed by atoms with Crippen LogP contribution in [0.15, 0.2) is 53.1 Å². The van der Waals surface area contributed by atoms with Gasteiger partial charge < -0.3 is 18.9 Å². The molecule has 0 bridgehead atoms. The Morgan fingerprint density at radius 2 is 1.91 bits per heavy atom. The minimum Gasteiger partial charge on any atom is -0.496 e. The van der Waals surface area contributed by atoms with E-state index in [0.29, 0.717) is 36.1 Å². The van der Waals surface area contributed by atoms with Gasteiger partial charge in [-0.3, -0.25) is 4.79 Å². The number of amides is 1. The van der Waals surface area contributed by atoms with Crippen molar-refractivity contribution in [3.8, 4) is 23.0 Å². The number of aromatic nitrogens is 2. The largest absolute Gasteiger partial charge is 0.573 e. The Morgan fingerprint density at radius 3 is 2.62 bits per heavy atom. The van der Waals surface area contributed by atoms with Gasteiger partial charge in [0.1, 0.15) is 11.5 Å². The van der Waals surface area contributed by atoms with Crippen molar-refractivity contribution in [1.29, 1.82) is 0 Å². The van der Waals surface area contributed by atoms with E-state index >= 15 is 0 Å². The highest BCUT2D eigenvalue weighted by Gasteiger charge is 2.32. The van der Waals surface area contributed by atoms with Gasteiger partial charge in [0.25, 0.3) is 11.8 Å². The lowest BCUT2D eigenvalue weighted by Gasteiger charge is -2.31. The molecule has 2 heterocycles. The zero-order valence-corrected chi connectivity index (χ0v) is 17.1. The molecule has 168 valence electrons. The van der Waals surface area contributed by atoms with Crippen LogP contribution >= 0.6 is 0 Å². The average Bonchev–Trinajstić information content (AvgIpc) is 3.28. The summed E-state index contributed by atoms with van der Waals surface area (Å²) in [5.74, 6) is 0.676. The Kier molecular flexibility index (Phi) is 6.02. The molecule has 1 amide bonds. The van der Waals surface area contributed by atoms with Crippen LogP contribution in [0.25, 0.3) is 11.5 Å². The van der Waals surface area contributed by atoms with Crippen LogP contribution in [0.1, 0.15) is 34.9 Å². The Morgan fingerprint density at radius 1 is 1.16 bits per heavy atom. The maximum atomic E-state index is 12.9. The predicted octanol–water partition coefficient (Wildman–Crippen LogP) is 4.66. The molecule has 0 radical (unpaired) electrons. The Bertz CT molecular complexity index is 1080. The van der Waals surface area contributed by atoms with Crippen LogP contribution in [0.5, 0.6) is 11.5 Å². The number of nitrogens with zero attached hydrogens (tertiary/aromatic N) is 3. The first-order chi connectivity index (χ1) is 15.3. The number of rotatable bonds is 5. The molecule has 1 fully saturated rings. The fourth-order valence-electron chi connectivity index (χ4n) is 3.69. The minimum atomic E-state index is -4.78. The highest BCUT2D eigenvalue weighted by Crippen LogP contribution is 2.32. The van der Waals surface area contributed by atoms with Gasteiger partial charge in [0, 0.05) is 24.6 Å². The smallest absolute Gasteiger partial charge is 0.496 e. The number of likely N-dealkylation sites (tertiary alicyclic amines) is 1. The molecule has 0 spiro atoms. The van der Waals surface area contributed by atoms with E-state index in [2.05, 4.69) is 14.9 Å². The standard InChI is InChI=1S/C22H20F3N3O4/c1-30-18-7-3-2-6-17(18)20-26-19(27-32-20)15-5-4-12-28(13-15)21(29)14-8-10-16(11-9-14)31-22(23,24)25/h2-3,6-11,15H,4-5,12-13H2,1H3/t15-/m1/s1. The summed E-state index contributed by atoms with van der Waals surface area (Å²) in [7, 11) is 1.56. The van der Waals surface area contributed by atoms with Crippen molar-refractivity contribution in [3.05, 3.63) is 59.9 Å². The average molecular weight is 447 g/mol. The van der Waals surface area contributed by atoms with Crippen molar-refractivity contribution in [3.63, 3.8) is 0 Å². The number of methoxy groups -OCH3 is 1. The molecule has 32 heavy (non-hydrogen) atoms. The molecule has 1 aliphatic rings. The van der Waals surface area contributed by atoms with Crippen molar-refractivity contribution in [2.24, 2.45) is 0 Å². The molecular weight excluding hydrogens is 427 g/mol.